The number of alkyl halides is 1. The third-order valence-electron chi connectivity index (χ3n) is 2.38. The van der Waals surface area contributed by atoms with Gasteiger partial charge < -0.3 is 14.6 Å². The van der Waals surface area contributed by atoms with Crippen LogP contribution < -0.4 is 0 Å². The van der Waals surface area contributed by atoms with Gasteiger partial charge in [0.2, 0.25) is 0 Å². The Labute approximate surface area is 87.5 Å². The second-order valence-electron chi connectivity index (χ2n) is 3.39. The summed E-state index contributed by atoms with van der Waals surface area (Å²) in [6, 6.07) is 0. The van der Waals surface area contributed by atoms with Gasteiger partial charge in [0.1, 0.15) is 0 Å². The largest absolute Gasteiger partial charge is 0.393 e. The van der Waals surface area contributed by atoms with Gasteiger partial charge in [0.05, 0.1) is 17.5 Å². The van der Waals surface area contributed by atoms with Crippen LogP contribution in [0.25, 0.3) is 0 Å². The Bertz CT molecular complexity index is 131. The van der Waals surface area contributed by atoms with Crippen molar-refractivity contribution in [1.82, 2.24) is 0 Å². The molecular weight excluding hydrogens is 236 g/mol. The molecule has 0 amide bonds. The Morgan fingerprint density at radius 2 is 2.00 bits per heavy atom. The molecule has 0 heterocycles. The second kappa shape index (κ2) is 5.96. The number of rotatable bonds is 4. The van der Waals surface area contributed by atoms with Crippen molar-refractivity contribution in [3.8, 4) is 0 Å². The minimum atomic E-state index is -0.153. The van der Waals surface area contributed by atoms with Gasteiger partial charge in [-0.25, -0.2) is 0 Å². The van der Waals surface area contributed by atoms with Crippen molar-refractivity contribution in [3.05, 3.63) is 0 Å². The Balaban J connectivity index is 2.21. The van der Waals surface area contributed by atoms with Gasteiger partial charge in [0.15, 0.2) is 6.29 Å². The van der Waals surface area contributed by atoms with Gasteiger partial charge in [-0.2, -0.15) is 0 Å². The molecule has 0 radical (unpaired) electrons. The molecule has 1 N–H and O–H groups in total. The van der Waals surface area contributed by atoms with E-state index >= 15 is 0 Å². The number of hydrogen-bond acceptors (Lipinski definition) is 3. The van der Waals surface area contributed by atoms with Gasteiger partial charge in [0, 0.05) is 7.11 Å². The third kappa shape index (κ3) is 3.94. The lowest BCUT2D eigenvalue weighted by Gasteiger charge is -2.28. The SMILES string of the molecule is COC(CBr)OC1CCC(O)CC1. The summed E-state index contributed by atoms with van der Waals surface area (Å²) in [5, 5.41) is 9.98. The zero-order valence-corrected chi connectivity index (χ0v) is 9.50. The van der Waals surface area contributed by atoms with Crippen LogP contribution in [0, 0.1) is 0 Å². The molecule has 1 aliphatic rings. The number of aliphatic hydroxyl groups excluding tert-OH is 1. The predicted molar refractivity (Wildman–Crippen MR) is 53.9 cm³/mol. The van der Waals surface area contributed by atoms with Gasteiger partial charge >= 0.3 is 0 Å². The normalized spacial score (nSPS) is 31.6. The maximum absolute atomic E-state index is 9.28. The van der Waals surface area contributed by atoms with E-state index in [0.717, 1.165) is 25.7 Å². The Morgan fingerprint density at radius 1 is 1.38 bits per heavy atom. The minimum Gasteiger partial charge on any atom is -0.393 e. The molecule has 78 valence electrons. The van der Waals surface area contributed by atoms with E-state index in [2.05, 4.69) is 15.9 Å². The molecule has 13 heavy (non-hydrogen) atoms. The number of halogens is 1. The van der Waals surface area contributed by atoms with Crippen LogP contribution in [-0.2, 0) is 9.47 Å². The molecule has 0 spiro atoms. The molecule has 3 nitrogen and oxygen atoms in total. The molecule has 0 bridgehead atoms. The lowest BCUT2D eigenvalue weighted by molar-refractivity contribution is -0.152. The van der Waals surface area contributed by atoms with Crippen LogP contribution >= 0.6 is 15.9 Å². The molecule has 0 aromatic carbocycles. The number of hydrogen-bond donors (Lipinski definition) is 1. The topological polar surface area (TPSA) is 38.7 Å². The minimum absolute atomic E-state index is 0.121. The molecule has 0 saturated heterocycles. The third-order valence-corrected chi connectivity index (χ3v) is 2.91. The molecule has 1 saturated carbocycles. The van der Waals surface area contributed by atoms with Gasteiger partial charge in [-0.1, -0.05) is 15.9 Å². The Kier molecular flexibility index (Phi) is 5.24. The standard InChI is InChI=1S/C9H17BrO3/c1-12-9(6-10)13-8-4-2-7(11)3-5-8/h7-9,11H,2-6H2,1H3. The van der Waals surface area contributed by atoms with E-state index in [0.29, 0.717) is 5.33 Å². The van der Waals surface area contributed by atoms with Gasteiger partial charge in [-0.05, 0) is 25.7 Å². The molecular formula is C9H17BrO3. The summed E-state index contributed by atoms with van der Waals surface area (Å²) < 4.78 is 10.8. The van der Waals surface area contributed by atoms with Crippen molar-refractivity contribution in [3.63, 3.8) is 0 Å². The number of ether oxygens (including phenoxy) is 2. The summed E-state index contributed by atoms with van der Waals surface area (Å²) in [5.41, 5.74) is 0. The highest BCUT2D eigenvalue weighted by Crippen LogP contribution is 2.22. The Hall–Kier alpha value is 0.360. The summed E-state index contributed by atoms with van der Waals surface area (Å²) >= 11 is 3.32. The number of methoxy groups -OCH3 is 1. The smallest absolute Gasteiger partial charge is 0.167 e. The van der Waals surface area contributed by atoms with E-state index < -0.39 is 0 Å². The van der Waals surface area contributed by atoms with Crippen molar-refractivity contribution in [2.24, 2.45) is 0 Å². The summed E-state index contributed by atoms with van der Waals surface area (Å²) in [5.74, 6) is 0. The zero-order chi connectivity index (χ0) is 9.68. The van der Waals surface area contributed by atoms with Gasteiger partial charge in [0.25, 0.3) is 0 Å². The van der Waals surface area contributed by atoms with Gasteiger partial charge in [-0.15, -0.1) is 0 Å². The predicted octanol–water partition coefficient (Wildman–Crippen LogP) is 1.67. The van der Waals surface area contributed by atoms with Crippen molar-refractivity contribution in [1.29, 1.82) is 0 Å². The van der Waals surface area contributed by atoms with Crippen molar-refractivity contribution in [2.75, 3.05) is 12.4 Å². The molecule has 1 aliphatic carbocycles. The second-order valence-corrected chi connectivity index (χ2v) is 4.03. The molecule has 1 unspecified atom stereocenters. The van der Waals surface area contributed by atoms with Crippen LogP contribution in [0.15, 0.2) is 0 Å². The van der Waals surface area contributed by atoms with Crippen LogP contribution in [-0.4, -0.2) is 36.0 Å². The maximum atomic E-state index is 9.28. The highest BCUT2D eigenvalue weighted by atomic mass is 79.9. The van der Waals surface area contributed by atoms with Crippen LogP contribution in [0.1, 0.15) is 25.7 Å². The van der Waals surface area contributed by atoms with E-state index in [9.17, 15) is 5.11 Å². The molecule has 1 atom stereocenters. The Morgan fingerprint density at radius 3 is 2.46 bits per heavy atom. The van der Waals surface area contributed by atoms with Crippen molar-refractivity contribution in [2.45, 2.75) is 44.2 Å². The quantitative estimate of drug-likeness (QED) is 0.612. The van der Waals surface area contributed by atoms with E-state index in [1.807, 2.05) is 0 Å². The summed E-state index contributed by atoms with van der Waals surface area (Å²) in [4.78, 5) is 0. The fraction of sp³-hybridized carbons (Fsp3) is 1.00. The average molecular weight is 253 g/mol. The molecule has 0 aromatic heterocycles. The monoisotopic (exact) mass is 252 g/mol. The first-order chi connectivity index (χ1) is 6.26. The molecule has 0 aromatic rings. The molecule has 0 aliphatic heterocycles. The summed E-state index contributed by atoms with van der Waals surface area (Å²) in [6.45, 7) is 0. The highest BCUT2D eigenvalue weighted by molar-refractivity contribution is 9.09. The van der Waals surface area contributed by atoms with E-state index in [1.54, 1.807) is 7.11 Å². The fourth-order valence-electron chi connectivity index (χ4n) is 1.55. The summed E-state index contributed by atoms with van der Waals surface area (Å²) in [6.07, 6.45) is 3.56. The van der Waals surface area contributed by atoms with Crippen LogP contribution in [0.5, 0.6) is 0 Å². The lowest BCUT2D eigenvalue weighted by atomic mass is 9.95. The molecule has 1 fully saturated rings. The zero-order valence-electron chi connectivity index (χ0n) is 7.91. The summed E-state index contributed by atoms with van der Waals surface area (Å²) in [7, 11) is 1.64. The maximum Gasteiger partial charge on any atom is 0.167 e. The first kappa shape index (κ1) is 11.4. The number of aliphatic hydroxyl groups is 1. The first-order valence-corrected chi connectivity index (χ1v) is 5.80. The van der Waals surface area contributed by atoms with Crippen molar-refractivity contribution < 1.29 is 14.6 Å². The van der Waals surface area contributed by atoms with Gasteiger partial charge in [-0.3, -0.25) is 0 Å². The first-order valence-electron chi connectivity index (χ1n) is 4.68. The fourth-order valence-corrected chi connectivity index (χ4v) is 1.97. The molecule has 4 heteroatoms. The van der Waals surface area contributed by atoms with E-state index in [-0.39, 0.29) is 18.5 Å². The van der Waals surface area contributed by atoms with Crippen LogP contribution in [0.4, 0.5) is 0 Å². The van der Waals surface area contributed by atoms with Crippen LogP contribution in [0.3, 0.4) is 0 Å². The highest BCUT2D eigenvalue weighted by Gasteiger charge is 2.22. The average Bonchev–Trinajstić information content (AvgIpc) is 2.17. The van der Waals surface area contributed by atoms with E-state index in [1.165, 1.54) is 0 Å². The van der Waals surface area contributed by atoms with Crippen LogP contribution in [0.2, 0.25) is 0 Å². The lowest BCUT2D eigenvalue weighted by Crippen LogP contribution is -2.30. The molecule has 1 rings (SSSR count). The van der Waals surface area contributed by atoms with E-state index in [4.69, 9.17) is 9.47 Å². The van der Waals surface area contributed by atoms with Crippen molar-refractivity contribution >= 4 is 15.9 Å².